The zero-order chi connectivity index (χ0) is 40.5. The first-order valence-corrected chi connectivity index (χ1v) is 24.4. The van der Waals surface area contributed by atoms with Gasteiger partial charge >= 0.3 is 0 Å². The minimum absolute atomic E-state index is 0.0551. The van der Waals surface area contributed by atoms with Gasteiger partial charge in [0.25, 0.3) is 0 Å². The lowest BCUT2D eigenvalue weighted by Gasteiger charge is -2.34. The zero-order valence-corrected chi connectivity index (χ0v) is 37.6. The van der Waals surface area contributed by atoms with Gasteiger partial charge in [-0.1, -0.05) is 222 Å². The maximum Gasteiger partial charge on any atom is 0.0215 e. The molecule has 0 N–H and O–H groups in total. The van der Waals surface area contributed by atoms with Crippen molar-refractivity contribution in [1.29, 1.82) is 0 Å². The fourth-order valence-corrected chi connectivity index (χ4v) is 11.6. The third-order valence-corrected chi connectivity index (χ3v) is 14.7. The summed E-state index contributed by atoms with van der Waals surface area (Å²) in [5, 5.41) is 2.87. The van der Waals surface area contributed by atoms with E-state index in [1.807, 2.05) is 0 Å². The number of rotatable bonds is 23. The van der Waals surface area contributed by atoms with Crippen molar-refractivity contribution in [2.75, 3.05) is 0 Å². The van der Waals surface area contributed by atoms with E-state index in [0.717, 1.165) is 0 Å². The van der Waals surface area contributed by atoms with Crippen LogP contribution in [0.1, 0.15) is 202 Å². The zero-order valence-electron chi connectivity index (χ0n) is 37.6. The predicted molar refractivity (Wildman–Crippen MR) is 256 cm³/mol. The van der Waals surface area contributed by atoms with Crippen LogP contribution >= 0.6 is 0 Å². The molecule has 0 nitrogen and oxygen atoms in total. The Morgan fingerprint density at radius 3 is 1.34 bits per heavy atom. The average Bonchev–Trinajstić information content (AvgIpc) is 3.66. The van der Waals surface area contributed by atoms with Crippen LogP contribution in [0.5, 0.6) is 0 Å². The Balaban J connectivity index is 1.36. The lowest BCUT2D eigenvalue weighted by atomic mass is 9.69. The molecule has 0 saturated carbocycles. The van der Waals surface area contributed by atoms with Crippen LogP contribution < -0.4 is 0 Å². The van der Waals surface area contributed by atoms with Crippen LogP contribution in [0.15, 0.2) is 84.9 Å². The van der Waals surface area contributed by atoms with Gasteiger partial charge in [0, 0.05) is 10.8 Å². The number of hydrogen-bond acceptors (Lipinski definition) is 0. The molecule has 0 amide bonds. The molecule has 0 spiro atoms. The van der Waals surface area contributed by atoms with Crippen LogP contribution in [0.4, 0.5) is 0 Å². The van der Waals surface area contributed by atoms with Gasteiger partial charge in [-0.05, 0) is 124 Å². The molecule has 0 heterocycles. The molecule has 0 heteroatoms. The molecule has 2 aliphatic rings. The number of unbranched alkanes of at least 4 members (excludes halogenated alkanes) is 14. The normalized spacial score (nSPS) is 14.4. The Kier molecular flexibility index (Phi) is 14.4. The summed E-state index contributed by atoms with van der Waals surface area (Å²) in [6.45, 7) is 14.1. The summed E-state index contributed by atoms with van der Waals surface area (Å²) in [4.78, 5) is 0. The molecule has 0 atom stereocenters. The topological polar surface area (TPSA) is 0 Å². The predicted octanol–water partition coefficient (Wildman–Crippen LogP) is 18.3. The van der Waals surface area contributed by atoms with Gasteiger partial charge in [0.2, 0.25) is 0 Å². The van der Waals surface area contributed by atoms with Crippen LogP contribution in [-0.4, -0.2) is 0 Å². The third-order valence-electron chi connectivity index (χ3n) is 14.7. The van der Waals surface area contributed by atoms with Gasteiger partial charge in [0.1, 0.15) is 0 Å². The Morgan fingerprint density at radius 1 is 0.362 bits per heavy atom. The van der Waals surface area contributed by atoms with Gasteiger partial charge in [0.05, 0.1) is 0 Å². The summed E-state index contributed by atoms with van der Waals surface area (Å²) >= 11 is 0. The molecule has 308 valence electrons. The number of benzene rings is 5. The van der Waals surface area contributed by atoms with Crippen molar-refractivity contribution in [3.63, 3.8) is 0 Å². The quantitative estimate of drug-likeness (QED) is 0.0580. The second-order valence-corrected chi connectivity index (χ2v) is 18.8. The molecular formula is C58H76. The standard InChI is InChI=1S/C58H76/c1-7-11-15-17-19-25-37-58(38-26-20-18-16-12-8-2)54-42-46(31-34-51(54)56-50-28-22-21-27-47(50)44(6)40-55(56)58)45-30-33-49-48-32-29-43(5)39-52(48)57(53(49)41-45,35-23-13-9-3)36-24-14-10-4/h21-22,27-34,39-42H,7-20,23-26,35-38H2,1-6H3. The van der Waals surface area contributed by atoms with Crippen LogP contribution in [0.2, 0.25) is 0 Å². The lowest BCUT2D eigenvalue weighted by Crippen LogP contribution is -2.26. The molecule has 0 radical (unpaired) electrons. The first-order valence-electron chi connectivity index (χ1n) is 24.4. The van der Waals surface area contributed by atoms with Gasteiger partial charge in [-0.2, -0.15) is 0 Å². The molecule has 0 bridgehead atoms. The maximum atomic E-state index is 2.71. The molecule has 0 aromatic heterocycles. The molecule has 58 heavy (non-hydrogen) atoms. The second-order valence-electron chi connectivity index (χ2n) is 18.8. The van der Waals surface area contributed by atoms with E-state index < -0.39 is 0 Å². The van der Waals surface area contributed by atoms with Crippen molar-refractivity contribution in [1.82, 2.24) is 0 Å². The fraction of sp³-hybridized carbons (Fsp3) is 0.517. The Labute approximate surface area is 354 Å². The highest BCUT2D eigenvalue weighted by Crippen LogP contribution is 2.59. The SMILES string of the molecule is CCCCCCCCC1(CCCCCCCC)c2cc(-c3ccc4c(c3)C(CCCCC)(CCCCC)c3cc(C)ccc3-4)ccc2-c2c1cc(C)c1ccccc21. The van der Waals surface area contributed by atoms with Crippen molar-refractivity contribution in [3.05, 3.63) is 118 Å². The van der Waals surface area contributed by atoms with E-state index in [1.54, 1.807) is 22.3 Å². The van der Waals surface area contributed by atoms with E-state index in [2.05, 4.69) is 126 Å². The second kappa shape index (κ2) is 19.6. The van der Waals surface area contributed by atoms with E-state index in [9.17, 15) is 0 Å². The van der Waals surface area contributed by atoms with Crippen molar-refractivity contribution < 1.29 is 0 Å². The van der Waals surface area contributed by atoms with E-state index in [1.165, 1.54) is 197 Å². The maximum absolute atomic E-state index is 2.71. The minimum atomic E-state index is 0.0551. The third kappa shape index (κ3) is 8.38. The Bertz CT molecular complexity index is 2100. The van der Waals surface area contributed by atoms with E-state index in [4.69, 9.17) is 0 Å². The molecule has 0 fully saturated rings. The molecule has 0 saturated heterocycles. The Morgan fingerprint density at radius 2 is 0.776 bits per heavy atom. The van der Waals surface area contributed by atoms with Crippen molar-refractivity contribution in [2.45, 2.75) is 194 Å². The highest BCUT2D eigenvalue weighted by atomic mass is 14.5. The first-order chi connectivity index (χ1) is 28.4. The number of hydrogen-bond donors (Lipinski definition) is 0. The summed E-state index contributed by atoms with van der Waals surface area (Å²) in [7, 11) is 0. The lowest BCUT2D eigenvalue weighted by molar-refractivity contribution is 0.398. The monoisotopic (exact) mass is 773 g/mol. The van der Waals surface area contributed by atoms with Crippen molar-refractivity contribution in [2.24, 2.45) is 0 Å². The highest BCUT2D eigenvalue weighted by Gasteiger charge is 2.45. The van der Waals surface area contributed by atoms with Crippen LogP contribution in [0.25, 0.3) is 44.2 Å². The summed E-state index contributed by atoms with van der Waals surface area (Å²) in [6, 6.07) is 34.7. The molecule has 2 aliphatic carbocycles. The largest absolute Gasteiger partial charge is 0.0654 e. The van der Waals surface area contributed by atoms with E-state index >= 15 is 0 Å². The van der Waals surface area contributed by atoms with Crippen LogP contribution in [-0.2, 0) is 10.8 Å². The fourth-order valence-electron chi connectivity index (χ4n) is 11.6. The molecule has 5 aromatic rings. The van der Waals surface area contributed by atoms with Crippen LogP contribution in [0.3, 0.4) is 0 Å². The highest BCUT2D eigenvalue weighted by molar-refractivity contribution is 6.04. The van der Waals surface area contributed by atoms with Crippen molar-refractivity contribution >= 4 is 10.8 Å². The van der Waals surface area contributed by atoms with E-state index in [0.29, 0.717) is 0 Å². The van der Waals surface area contributed by atoms with Crippen LogP contribution in [0, 0.1) is 13.8 Å². The summed E-state index contributed by atoms with van der Waals surface area (Å²) < 4.78 is 0. The van der Waals surface area contributed by atoms with Gasteiger partial charge in [-0.3, -0.25) is 0 Å². The summed E-state index contributed by atoms with van der Waals surface area (Å²) in [6.07, 6.45) is 28.9. The van der Waals surface area contributed by atoms with Gasteiger partial charge in [-0.25, -0.2) is 0 Å². The minimum Gasteiger partial charge on any atom is -0.0654 e. The number of aryl methyl sites for hydroxylation is 2. The first kappa shape index (κ1) is 42.5. The molecular weight excluding hydrogens is 697 g/mol. The molecule has 0 unspecified atom stereocenters. The van der Waals surface area contributed by atoms with Gasteiger partial charge < -0.3 is 0 Å². The van der Waals surface area contributed by atoms with Gasteiger partial charge in [0.15, 0.2) is 0 Å². The number of fused-ring (bicyclic) bond motifs is 8. The smallest absolute Gasteiger partial charge is 0.0215 e. The average molecular weight is 773 g/mol. The molecule has 7 rings (SSSR count). The summed E-state index contributed by atoms with van der Waals surface area (Å²) in [5.41, 5.74) is 18.3. The summed E-state index contributed by atoms with van der Waals surface area (Å²) in [5.74, 6) is 0. The molecule has 0 aliphatic heterocycles. The van der Waals surface area contributed by atoms with Crippen molar-refractivity contribution in [3.8, 4) is 33.4 Å². The molecule has 5 aromatic carbocycles. The van der Waals surface area contributed by atoms with Gasteiger partial charge in [-0.15, -0.1) is 0 Å². The Hall–Kier alpha value is -3.64. The van der Waals surface area contributed by atoms with E-state index in [-0.39, 0.29) is 10.8 Å².